The van der Waals surface area contributed by atoms with Crippen molar-refractivity contribution < 1.29 is 9.18 Å². The molecule has 20 heavy (non-hydrogen) atoms. The second-order valence-electron chi connectivity index (χ2n) is 4.43. The monoisotopic (exact) mass is 334 g/mol. The normalized spacial score (nSPS) is 11.4. The molecule has 101 valence electrons. The first-order valence-corrected chi connectivity index (χ1v) is 7.01. The van der Waals surface area contributed by atoms with Crippen LogP contribution >= 0.6 is 0 Å². The molecule has 0 aliphatic heterocycles. The molecular weight excluding hydrogens is 320 g/mol. The summed E-state index contributed by atoms with van der Waals surface area (Å²) >= 11 is 2.92. The van der Waals surface area contributed by atoms with Gasteiger partial charge in [-0.05, 0) is 0 Å². The van der Waals surface area contributed by atoms with E-state index in [0.717, 1.165) is 11.1 Å². The first-order chi connectivity index (χ1) is 9.56. The van der Waals surface area contributed by atoms with Crippen molar-refractivity contribution in [3.8, 4) is 0 Å². The molecule has 0 aliphatic carbocycles. The van der Waals surface area contributed by atoms with Crippen LogP contribution in [0, 0.1) is 5.82 Å². The Labute approximate surface area is 125 Å². The average Bonchev–Trinajstić information content (AvgIpc) is 2.41. The summed E-state index contributed by atoms with van der Waals surface area (Å²) in [7, 11) is 0. The summed E-state index contributed by atoms with van der Waals surface area (Å²) in [6, 6.07) is 13.6. The molecule has 0 unspecified atom stereocenters. The molecule has 0 heterocycles. The standard InChI is InChI=1S/C16H13FNOSe/c1-11(19)10-12-4-2-3-5-15(12)16(20)18-14-8-6-13(17)7-9-14/h2-9H,10H2,1H3. The molecule has 0 saturated carbocycles. The average molecular weight is 333 g/mol. The van der Waals surface area contributed by atoms with Crippen LogP contribution in [0.1, 0.15) is 18.1 Å². The Morgan fingerprint density at radius 1 is 1.15 bits per heavy atom. The fourth-order valence-corrected chi connectivity index (χ4v) is 2.48. The SMILES string of the molecule is CC(=O)Cc1ccccc1C([Se])=Nc1ccc(F)cc1. The number of halogens is 1. The van der Waals surface area contributed by atoms with Gasteiger partial charge in [-0.25, -0.2) is 0 Å². The predicted molar refractivity (Wildman–Crippen MR) is 79.2 cm³/mol. The van der Waals surface area contributed by atoms with E-state index in [2.05, 4.69) is 21.0 Å². The number of hydrogen-bond donors (Lipinski definition) is 0. The summed E-state index contributed by atoms with van der Waals surface area (Å²) in [5.74, 6) is -0.186. The van der Waals surface area contributed by atoms with Gasteiger partial charge in [0.15, 0.2) is 0 Å². The van der Waals surface area contributed by atoms with E-state index in [4.69, 9.17) is 0 Å². The van der Waals surface area contributed by atoms with E-state index in [1.165, 1.54) is 12.1 Å². The van der Waals surface area contributed by atoms with E-state index >= 15 is 0 Å². The van der Waals surface area contributed by atoms with Gasteiger partial charge in [0.2, 0.25) is 0 Å². The van der Waals surface area contributed by atoms with Gasteiger partial charge in [-0.3, -0.25) is 0 Å². The Bertz CT molecular complexity index is 650. The van der Waals surface area contributed by atoms with Gasteiger partial charge in [-0.2, -0.15) is 0 Å². The first-order valence-electron chi connectivity index (χ1n) is 6.15. The maximum absolute atomic E-state index is 12.9. The molecule has 2 rings (SSSR count). The quantitative estimate of drug-likeness (QED) is 0.624. The molecular formula is C16H13FNOSe. The maximum atomic E-state index is 12.9. The molecule has 2 nitrogen and oxygen atoms in total. The van der Waals surface area contributed by atoms with E-state index in [9.17, 15) is 9.18 Å². The fourth-order valence-electron chi connectivity index (χ4n) is 1.84. The zero-order valence-corrected chi connectivity index (χ0v) is 12.7. The van der Waals surface area contributed by atoms with Crippen molar-refractivity contribution in [2.24, 2.45) is 4.99 Å². The Morgan fingerprint density at radius 2 is 1.80 bits per heavy atom. The van der Waals surface area contributed by atoms with Gasteiger partial charge in [0, 0.05) is 0 Å². The van der Waals surface area contributed by atoms with Crippen LogP contribution in [-0.2, 0) is 11.2 Å². The molecule has 0 fully saturated rings. The zero-order chi connectivity index (χ0) is 14.5. The number of nitrogens with zero attached hydrogens (tertiary/aromatic N) is 1. The van der Waals surface area contributed by atoms with Crippen LogP contribution in [0.25, 0.3) is 0 Å². The van der Waals surface area contributed by atoms with E-state index in [1.54, 1.807) is 19.1 Å². The topological polar surface area (TPSA) is 29.4 Å². The molecule has 0 atom stereocenters. The Hall–Kier alpha value is -1.77. The molecule has 0 aromatic heterocycles. The summed E-state index contributed by atoms with van der Waals surface area (Å²) in [6.45, 7) is 1.56. The van der Waals surface area contributed by atoms with Gasteiger partial charge in [-0.15, -0.1) is 0 Å². The number of ketones is 1. The molecule has 2 aromatic rings. The van der Waals surface area contributed by atoms with Gasteiger partial charge in [0.1, 0.15) is 0 Å². The molecule has 2 aromatic carbocycles. The molecule has 0 aliphatic rings. The number of carbonyl (C=O) groups excluding carboxylic acids is 1. The number of benzene rings is 2. The molecule has 0 spiro atoms. The zero-order valence-electron chi connectivity index (χ0n) is 11.0. The molecule has 4 heteroatoms. The van der Waals surface area contributed by atoms with Crippen molar-refractivity contribution in [2.75, 3.05) is 0 Å². The summed E-state index contributed by atoms with van der Waals surface area (Å²) in [6.07, 6.45) is 0.375. The predicted octanol–water partition coefficient (Wildman–Crippen LogP) is 3.20. The van der Waals surface area contributed by atoms with Crippen LogP contribution in [0.3, 0.4) is 0 Å². The Kier molecular flexibility index (Phi) is 4.83. The molecule has 0 amide bonds. The third-order valence-electron chi connectivity index (χ3n) is 2.74. The summed E-state index contributed by atoms with van der Waals surface area (Å²) in [5.41, 5.74) is 2.49. The third-order valence-corrected chi connectivity index (χ3v) is 3.40. The van der Waals surface area contributed by atoms with Crippen molar-refractivity contribution in [2.45, 2.75) is 13.3 Å². The van der Waals surface area contributed by atoms with Crippen LogP contribution in [0.2, 0.25) is 0 Å². The van der Waals surface area contributed by atoms with Crippen molar-refractivity contribution in [1.82, 2.24) is 0 Å². The van der Waals surface area contributed by atoms with E-state index < -0.39 is 0 Å². The van der Waals surface area contributed by atoms with Crippen LogP contribution in [0.15, 0.2) is 53.5 Å². The number of Topliss-reactive ketones (excluding diaryl/α,β-unsaturated/α-hetero) is 1. The summed E-state index contributed by atoms with van der Waals surface area (Å²) < 4.78 is 13.5. The fraction of sp³-hybridized carbons (Fsp3) is 0.125. The minimum absolute atomic E-state index is 0.104. The molecule has 1 radical (unpaired) electrons. The van der Waals surface area contributed by atoms with Crippen LogP contribution < -0.4 is 0 Å². The van der Waals surface area contributed by atoms with Gasteiger partial charge < -0.3 is 0 Å². The molecule has 0 bridgehead atoms. The summed E-state index contributed by atoms with van der Waals surface area (Å²) in [5, 5.41) is 0. The Balaban J connectivity index is 2.35. The van der Waals surface area contributed by atoms with Crippen LogP contribution in [0.4, 0.5) is 10.1 Å². The molecule has 0 N–H and O–H groups in total. The second-order valence-corrected chi connectivity index (χ2v) is 5.24. The number of hydrogen-bond acceptors (Lipinski definition) is 2. The second kappa shape index (κ2) is 6.60. The number of carbonyl (C=O) groups is 1. The van der Waals surface area contributed by atoms with Crippen molar-refractivity contribution in [3.05, 3.63) is 65.5 Å². The van der Waals surface area contributed by atoms with Crippen LogP contribution in [0.5, 0.6) is 0 Å². The van der Waals surface area contributed by atoms with Crippen molar-refractivity contribution >= 4 is 32.1 Å². The van der Waals surface area contributed by atoms with Gasteiger partial charge >= 0.3 is 125 Å². The van der Waals surface area contributed by atoms with Crippen molar-refractivity contribution in [3.63, 3.8) is 0 Å². The van der Waals surface area contributed by atoms with Crippen LogP contribution in [-0.4, -0.2) is 26.4 Å². The van der Waals surface area contributed by atoms with Crippen molar-refractivity contribution in [1.29, 1.82) is 0 Å². The van der Waals surface area contributed by atoms with E-state index in [-0.39, 0.29) is 11.6 Å². The minimum atomic E-state index is -0.289. The Morgan fingerprint density at radius 3 is 2.45 bits per heavy atom. The van der Waals surface area contributed by atoms with Gasteiger partial charge in [0.25, 0.3) is 0 Å². The van der Waals surface area contributed by atoms with Gasteiger partial charge in [-0.1, -0.05) is 0 Å². The van der Waals surface area contributed by atoms with Gasteiger partial charge in [0.05, 0.1) is 0 Å². The number of rotatable bonds is 4. The molecule has 0 saturated heterocycles. The summed E-state index contributed by atoms with van der Waals surface area (Å²) in [4.78, 5) is 15.7. The van der Waals surface area contributed by atoms with E-state index in [1.807, 2.05) is 24.3 Å². The third kappa shape index (κ3) is 3.86. The number of aliphatic imine (C=N–C) groups is 1. The van der Waals surface area contributed by atoms with E-state index in [0.29, 0.717) is 16.7 Å². The first kappa shape index (κ1) is 14.6.